The smallest absolute Gasteiger partial charge is 0.252 e. The second-order valence-electron chi connectivity index (χ2n) is 6.20. The Hall–Kier alpha value is -1.96. The minimum atomic E-state index is -2.93. The molecule has 3 rings (SSSR count). The van der Waals surface area contributed by atoms with Crippen molar-refractivity contribution in [3.8, 4) is 0 Å². The monoisotopic (exact) mass is 336 g/mol. The van der Waals surface area contributed by atoms with Gasteiger partial charge in [-0.2, -0.15) is 5.10 Å². The van der Waals surface area contributed by atoms with Crippen molar-refractivity contribution >= 4 is 26.8 Å². The average Bonchev–Trinajstić information content (AvgIpc) is 2.95. The van der Waals surface area contributed by atoms with Gasteiger partial charge in [-0.05, 0) is 32.3 Å². The lowest BCUT2D eigenvalue weighted by molar-refractivity contribution is 0.0950. The highest BCUT2D eigenvalue weighted by molar-refractivity contribution is 7.91. The Bertz CT molecular complexity index is 886. The van der Waals surface area contributed by atoms with Crippen LogP contribution < -0.4 is 5.32 Å². The van der Waals surface area contributed by atoms with Crippen LogP contribution in [0.5, 0.6) is 0 Å². The van der Waals surface area contributed by atoms with Gasteiger partial charge < -0.3 is 5.32 Å². The maximum Gasteiger partial charge on any atom is 0.252 e. The van der Waals surface area contributed by atoms with Gasteiger partial charge in [-0.15, -0.1) is 0 Å². The van der Waals surface area contributed by atoms with Gasteiger partial charge in [0.1, 0.15) is 0 Å². The second-order valence-corrected chi connectivity index (χ2v) is 8.43. The number of aryl methyl sites for hydroxylation is 3. The van der Waals surface area contributed by atoms with E-state index < -0.39 is 9.84 Å². The second kappa shape index (κ2) is 5.59. The van der Waals surface area contributed by atoms with Crippen molar-refractivity contribution in [3.63, 3.8) is 0 Å². The van der Waals surface area contributed by atoms with Crippen LogP contribution in [0.1, 0.15) is 28.2 Å². The SMILES string of the molecule is Cc1cc(C(=O)NC[C@H]2CCS(=O)(=O)C2)c2c(C)nn(C)c2n1. The summed E-state index contributed by atoms with van der Waals surface area (Å²) in [6, 6.07) is 1.75. The molecule has 0 unspecified atom stereocenters. The van der Waals surface area contributed by atoms with Gasteiger partial charge in [0.05, 0.1) is 28.1 Å². The van der Waals surface area contributed by atoms with E-state index in [9.17, 15) is 13.2 Å². The van der Waals surface area contributed by atoms with Crippen molar-refractivity contribution in [3.05, 3.63) is 23.0 Å². The molecule has 23 heavy (non-hydrogen) atoms. The Kier molecular flexibility index (Phi) is 3.87. The minimum Gasteiger partial charge on any atom is -0.352 e. The van der Waals surface area contributed by atoms with Crippen molar-refractivity contribution in [1.29, 1.82) is 0 Å². The molecule has 0 radical (unpaired) electrons. The average molecular weight is 336 g/mol. The van der Waals surface area contributed by atoms with E-state index in [1.165, 1.54) is 0 Å². The third kappa shape index (κ3) is 3.08. The van der Waals surface area contributed by atoms with E-state index in [2.05, 4.69) is 15.4 Å². The van der Waals surface area contributed by atoms with E-state index in [0.29, 0.717) is 24.2 Å². The zero-order valence-corrected chi connectivity index (χ0v) is 14.3. The van der Waals surface area contributed by atoms with E-state index in [0.717, 1.165) is 16.8 Å². The lowest BCUT2D eigenvalue weighted by Gasteiger charge is -2.11. The predicted molar refractivity (Wildman–Crippen MR) is 87.1 cm³/mol. The van der Waals surface area contributed by atoms with Gasteiger partial charge in [-0.25, -0.2) is 13.4 Å². The van der Waals surface area contributed by atoms with Crippen molar-refractivity contribution in [1.82, 2.24) is 20.1 Å². The van der Waals surface area contributed by atoms with Gasteiger partial charge in [0.15, 0.2) is 15.5 Å². The van der Waals surface area contributed by atoms with Crippen molar-refractivity contribution in [2.75, 3.05) is 18.1 Å². The minimum absolute atomic E-state index is 0.00243. The van der Waals surface area contributed by atoms with Crippen LogP contribution >= 0.6 is 0 Å². The van der Waals surface area contributed by atoms with E-state index in [-0.39, 0.29) is 23.3 Å². The standard InChI is InChI=1S/C15H20N4O3S/c1-9-6-12(13-10(2)18-19(3)14(13)17-9)15(20)16-7-11-4-5-23(21,22)8-11/h6,11H,4-5,7-8H2,1-3H3,(H,16,20)/t11-/m1/s1. The van der Waals surface area contributed by atoms with E-state index >= 15 is 0 Å². The highest BCUT2D eigenvalue weighted by atomic mass is 32.2. The normalized spacial score (nSPS) is 20.0. The van der Waals surface area contributed by atoms with Gasteiger partial charge in [0.2, 0.25) is 0 Å². The molecule has 1 saturated heterocycles. The summed E-state index contributed by atoms with van der Waals surface area (Å²) in [4.78, 5) is 17.0. The molecule has 1 aliphatic rings. The van der Waals surface area contributed by atoms with Crippen LogP contribution in [0.15, 0.2) is 6.07 Å². The number of amides is 1. The number of carbonyl (C=O) groups excluding carboxylic acids is 1. The number of rotatable bonds is 3. The Labute approximate surface area is 135 Å². The zero-order valence-electron chi connectivity index (χ0n) is 13.5. The molecule has 1 amide bonds. The fourth-order valence-electron chi connectivity index (χ4n) is 3.11. The van der Waals surface area contributed by atoms with Crippen LogP contribution in [-0.2, 0) is 16.9 Å². The van der Waals surface area contributed by atoms with Crippen LogP contribution in [-0.4, -0.2) is 47.1 Å². The fourth-order valence-corrected chi connectivity index (χ4v) is 4.98. The molecule has 2 aromatic heterocycles. The van der Waals surface area contributed by atoms with Crippen LogP contribution in [0.4, 0.5) is 0 Å². The quantitative estimate of drug-likeness (QED) is 0.892. The zero-order chi connectivity index (χ0) is 16.8. The van der Waals surface area contributed by atoms with Crippen LogP contribution in [0.25, 0.3) is 11.0 Å². The number of nitrogens with one attached hydrogen (secondary N) is 1. The van der Waals surface area contributed by atoms with Gasteiger partial charge in [0, 0.05) is 19.3 Å². The molecule has 1 aliphatic heterocycles. The molecule has 1 fully saturated rings. The maximum atomic E-state index is 12.6. The van der Waals surface area contributed by atoms with Crippen molar-refractivity contribution < 1.29 is 13.2 Å². The van der Waals surface area contributed by atoms with Crippen molar-refractivity contribution in [2.24, 2.45) is 13.0 Å². The summed E-state index contributed by atoms with van der Waals surface area (Å²) in [5, 5.41) is 7.94. The first-order chi connectivity index (χ1) is 10.8. The summed E-state index contributed by atoms with van der Waals surface area (Å²) >= 11 is 0. The highest BCUT2D eigenvalue weighted by Gasteiger charge is 2.28. The summed E-state index contributed by atoms with van der Waals surface area (Å²) < 4.78 is 24.6. The lowest BCUT2D eigenvalue weighted by Crippen LogP contribution is -2.30. The maximum absolute atomic E-state index is 12.6. The van der Waals surface area contributed by atoms with Gasteiger partial charge in [-0.3, -0.25) is 9.48 Å². The van der Waals surface area contributed by atoms with Crippen LogP contribution in [0.2, 0.25) is 0 Å². The molecule has 3 heterocycles. The van der Waals surface area contributed by atoms with Crippen molar-refractivity contribution in [2.45, 2.75) is 20.3 Å². The number of hydrogen-bond donors (Lipinski definition) is 1. The topological polar surface area (TPSA) is 94.0 Å². The lowest BCUT2D eigenvalue weighted by atomic mass is 10.1. The van der Waals surface area contributed by atoms with Crippen LogP contribution in [0.3, 0.4) is 0 Å². The first-order valence-corrected chi connectivity index (χ1v) is 9.38. The molecule has 7 nitrogen and oxygen atoms in total. The number of fused-ring (bicyclic) bond motifs is 1. The third-order valence-electron chi connectivity index (χ3n) is 4.22. The summed E-state index contributed by atoms with van der Waals surface area (Å²) in [5.74, 6) is 0.163. The van der Waals surface area contributed by atoms with Gasteiger partial charge >= 0.3 is 0 Å². The Morgan fingerprint density at radius 1 is 1.43 bits per heavy atom. The Morgan fingerprint density at radius 3 is 2.83 bits per heavy atom. The molecule has 1 atom stereocenters. The number of pyridine rings is 1. The number of hydrogen-bond acceptors (Lipinski definition) is 5. The number of nitrogens with zero attached hydrogens (tertiary/aromatic N) is 3. The molecule has 8 heteroatoms. The summed E-state index contributed by atoms with van der Waals surface area (Å²) in [5.41, 5.74) is 2.72. The number of sulfone groups is 1. The summed E-state index contributed by atoms with van der Waals surface area (Å²) in [7, 11) is -1.13. The first-order valence-electron chi connectivity index (χ1n) is 7.56. The molecule has 2 aromatic rings. The Balaban J connectivity index is 1.84. The number of carbonyl (C=O) groups is 1. The molecule has 0 saturated carbocycles. The highest BCUT2D eigenvalue weighted by Crippen LogP contribution is 2.22. The van der Waals surface area contributed by atoms with E-state index in [4.69, 9.17) is 0 Å². The largest absolute Gasteiger partial charge is 0.352 e. The van der Waals surface area contributed by atoms with Gasteiger partial charge in [0.25, 0.3) is 5.91 Å². The summed E-state index contributed by atoms with van der Waals surface area (Å²) in [6.07, 6.45) is 0.610. The summed E-state index contributed by atoms with van der Waals surface area (Å²) in [6.45, 7) is 4.06. The first kappa shape index (κ1) is 15.9. The van der Waals surface area contributed by atoms with Crippen LogP contribution in [0, 0.1) is 19.8 Å². The fraction of sp³-hybridized carbons (Fsp3) is 0.533. The number of aromatic nitrogens is 3. The predicted octanol–water partition coefficient (Wildman–Crippen LogP) is 0.750. The molecular weight excluding hydrogens is 316 g/mol. The Morgan fingerprint density at radius 2 is 2.17 bits per heavy atom. The third-order valence-corrected chi connectivity index (χ3v) is 6.06. The van der Waals surface area contributed by atoms with Gasteiger partial charge in [-0.1, -0.05) is 0 Å². The molecular formula is C15H20N4O3S. The molecule has 124 valence electrons. The molecule has 0 aliphatic carbocycles. The molecule has 1 N–H and O–H groups in total. The molecule has 0 aromatic carbocycles. The van der Waals surface area contributed by atoms with E-state index in [1.54, 1.807) is 17.8 Å². The molecule has 0 spiro atoms. The van der Waals surface area contributed by atoms with E-state index in [1.807, 2.05) is 13.8 Å². The molecule has 0 bridgehead atoms.